The third-order valence-corrected chi connectivity index (χ3v) is 3.88. The van der Waals surface area contributed by atoms with Gasteiger partial charge in [0.05, 0.1) is 23.8 Å². The summed E-state index contributed by atoms with van der Waals surface area (Å²) in [6.07, 6.45) is 0.505. The number of carbonyl (C=O) groups is 2. The van der Waals surface area contributed by atoms with Crippen LogP contribution in [-0.2, 0) is 6.42 Å². The molecule has 0 radical (unpaired) electrons. The van der Waals surface area contributed by atoms with Crippen molar-refractivity contribution in [1.82, 2.24) is 4.90 Å². The molecule has 4 nitrogen and oxygen atoms in total. The summed E-state index contributed by atoms with van der Waals surface area (Å²) in [6.45, 7) is 0.0409. The Hall–Kier alpha value is -2.46. The molecule has 2 amide bonds. The average Bonchev–Trinajstić information content (AvgIpc) is 2.79. The summed E-state index contributed by atoms with van der Waals surface area (Å²) >= 11 is 0. The first-order chi connectivity index (χ1) is 10.7. The summed E-state index contributed by atoms with van der Waals surface area (Å²) in [6, 6.07) is 16.6. The van der Waals surface area contributed by atoms with Crippen LogP contribution in [0.15, 0.2) is 54.6 Å². The van der Waals surface area contributed by atoms with Crippen molar-refractivity contribution < 1.29 is 14.7 Å². The van der Waals surface area contributed by atoms with Crippen molar-refractivity contribution in [2.45, 2.75) is 18.9 Å². The molecule has 2 aromatic rings. The Morgan fingerprint density at radius 1 is 0.864 bits per heavy atom. The fraction of sp³-hybridized carbons (Fsp3) is 0.222. The molecule has 0 unspecified atom stereocenters. The predicted octanol–water partition coefficient (Wildman–Crippen LogP) is 2.28. The predicted molar refractivity (Wildman–Crippen MR) is 82.6 cm³/mol. The molecule has 0 saturated carbocycles. The molecule has 1 aliphatic heterocycles. The smallest absolute Gasteiger partial charge is 0.261 e. The van der Waals surface area contributed by atoms with Gasteiger partial charge in [-0.2, -0.15) is 0 Å². The van der Waals surface area contributed by atoms with E-state index in [1.807, 2.05) is 30.3 Å². The Kier molecular flexibility index (Phi) is 4.02. The lowest BCUT2D eigenvalue weighted by molar-refractivity contribution is 0.0534. The number of aliphatic hydroxyl groups excluding tert-OH is 1. The minimum atomic E-state index is -0.720. The molecule has 3 rings (SSSR count). The summed E-state index contributed by atoms with van der Waals surface area (Å²) in [7, 11) is 0. The monoisotopic (exact) mass is 295 g/mol. The van der Waals surface area contributed by atoms with Gasteiger partial charge < -0.3 is 5.11 Å². The fourth-order valence-corrected chi connectivity index (χ4v) is 2.68. The van der Waals surface area contributed by atoms with Gasteiger partial charge in [-0.25, -0.2) is 0 Å². The van der Waals surface area contributed by atoms with Crippen LogP contribution in [0.25, 0.3) is 0 Å². The number of aryl methyl sites for hydroxylation is 1. The van der Waals surface area contributed by atoms with E-state index in [0.717, 1.165) is 10.5 Å². The van der Waals surface area contributed by atoms with E-state index in [-0.39, 0.29) is 18.4 Å². The van der Waals surface area contributed by atoms with Crippen molar-refractivity contribution in [2.24, 2.45) is 0 Å². The number of amides is 2. The SMILES string of the molecule is O=C1c2ccccc2C(=O)N1C[C@@H](O)CCc1ccccc1. The number of nitrogens with zero attached hydrogens (tertiary/aromatic N) is 1. The van der Waals surface area contributed by atoms with E-state index < -0.39 is 6.10 Å². The molecule has 1 heterocycles. The van der Waals surface area contributed by atoms with Gasteiger partial charge in [0.2, 0.25) is 0 Å². The van der Waals surface area contributed by atoms with Crippen LogP contribution in [0, 0.1) is 0 Å². The molecular formula is C18H17NO3. The summed E-state index contributed by atoms with van der Waals surface area (Å²) < 4.78 is 0. The summed E-state index contributed by atoms with van der Waals surface area (Å²) in [5.74, 6) is -0.640. The summed E-state index contributed by atoms with van der Waals surface area (Å²) in [4.78, 5) is 25.6. The van der Waals surface area contributed by atoms with Crippen molar-refractivity contribution in [2.75, 3.05) is 6.54 Å². The van der Waals surface area contributed by atoms with Gasteiger partial charge in [-0.1, -0.05) is 42.5 Å². The number of hydrogen-bond donors (Lipinski definition) is 1. The fourth-order valence-electron chi connectivity index (χ4n) is 2.68. The third-order valence-electron chi connectivity index (χ3n) is 3.88. The van der Waals surface area contributed by atoms with Crippen molar-refractivity contribution >= 4 is 11.8 Å². The number of hydrogen-bond acceptors (Lipinski definition) is 3. The number of fused-ring (bicyclic) bond motifs is 1. The van der Waals surface area contributed by atoms with Crippen LogP contribution in [0.4, 0.5) is 0 Å². The molecule has 2 aromatic carbocycles. The number of benzene rings is 2. The Labute approximate surface area is 129 Å². The minimum absolute atomic E-state index is 0.0409. The Balaban J connectivity index is 1.62. The first kappa shape index (κ1) is 14.5. The topological polar surface area (TPSA) is 57.6 Å². The van der Waals surface area contributed by atoms with Gasteiger partial charge in [0.15, 0.2) is 0 Å². The quantitative estimate of drug-likeness (QED) is 0.861. The van der Waals surface area contributed by atoms with E-state index in [1.165, 1.54) is 0 Å². The molecule has 0 saturated heterocycles. The van der Waals surface area contributed by atoms with Crippen LogP contribution in [0.3, 0.4) is 0 Å². The zero-order chi connectivity index (χ0) is 15.5. The number of rotatable bonds is 5. The number of carbonyl (C=O) groups excluding carboxylic acids is 2. The van der Waals surface area contributed by atoms with Crippen molar-refractivity contribution in [3.05, 3.63) is 71.3 Å². The van der Waals surface area contributed by atoms with Crippen LogP contribution < -0.4 is 0 Å². The minimum Gasteiger partial charge on any atom is -0.391 e. The number of aliphatic hydroxyl groups is 1. The van der Waals surface area contributed by atoms with Gasteiger partial charge in [0.1, 0.15) is 0 Å². The highest BCUT2D eigenvalue weighted by Gasteiger charge is 2.35. The number of β-amino-alcohol motifs (C(OH)–C–C–N with tert-alkyl or cyclic N) is 1. The van der Waals surface area contributed by atoms with Crippen LogP contribution in [0.5, 0.6) is 0 Å². The molecule has 0 aliphatic carbocycles. The molecule has 112 valence electrons. The molecule has 22 heavy (non-hydrogen) atoms. The van der Waals surface area contributed by atoms with E-state index >= 15 is 0 Å². The maximum atomic E-state index is 12.2. The highest BCUT2D eigenvalue weighted by molar-refractivity contribution is 6.21. The molecule has 0 fully saturated rings. The Morgan fingerprint density at radius 2 is 1.41 bits per heavy atom. The van der Waals surface area contributed by atoms with Crippen LogP contribution in [0.2, 0.25) is 0 Å². The average molecular weight is 295 g/mol. The second-order valence-corrected chi connectivity index (χ2v) is 5.44. The summed E-state index contributed by atoms with van der Waals surface area (Å²) in [5, 5.41) is 10.1. The van der Waals surface area contributed by atoms with E-state index in [9.17, 15) is 14.7 Å². The standard InChI is InChI=1S/C18H17NO3/c20-14(11-10-13-6-2-1-3-7-13)12-19-17(21)15-8-4-5-9-16(15)18(19)22/h1-9,14,20H,10-12H2/t14-/m0/s1. The first-order valence-electron chi connectivity index (χ1n) is 7.34. The second kappa shape index (κ2) is 6.12. The van der Waals surface area contributed by atoms with E-state index in [0.29, 0.717) is 24.0 Å². The van der Waals surface area contributed by atoms with E-state index in [4.69, 9.17) is 0 Å². The van der Waals surface area contributed by atoms with E-state index in [2.05, 4.69) is 0 Å². The van der Waals surface area contributed by atoms with Crippen LogP contribution >= 0.6 is 0 Å². The first-order valence-corrected chi connectivity index (χ1v) is 7.34. The molecule has 1 N–H and O–H groups in total. The number of imide groups is 1. The third kappa shape index (κ3) is 2.78. The highest BCUT2D eigenvalue weighted by Crippen LogP contribution is 2.22. The Bertz CT molecular complexity index is 661. The lowest BCUT2D eigenvalue weighted by Gasteiger charge is -2.18. The molecule has 0 spiro atoms. The maximum absolute atomic E-state index is 12.2. The maximum Gasteiger partial charge on any atom is 0.261 e. The lowest BCUT2D eigenvalue weighted by atomic mass is 10.1. The van der Waals surface area contributed by atoms with Gasteiger partial charge in [-0.15, -0.1) is 0 Å². The molecule has 4 heteroatoms. The molecule has 0 bridgehead atoms. The van der Waals surface area contributed by atoms with Gasteiger partial charge >= 0.3 is 0 Å². The van der Waals surface area contributed by atoms with Crippen molar-refractivity contribution in [3.8, 4) is 0 Å². The van der Waals surface area contributed by atoms with Crippen LogP contribution in [0.1, 0.15) is 32.7 Å². The molecular weight excluding hydrogens is 278 g/mol. The molecule has 1 aliphatic rings. The van der Waals surface area contributed by atoms with Crippen LogP contribution in [-0.4, -0.2) is 34.5 Å². The second-order valence-electron chi connectivity index (χ2n) is 5.44. The largest absolute Gasteiger partial charge is 0.391 e. The Morgan fingerprint density at radius 3 is 2.00 bits per heavy atom. The van der Waals surface area contributed by atoms with Gasteiger partial charge in [0.25, 0.3) is 11.8 Å². The summed E-state index contributed by atoms with van der Waals surface area (Å²) in [5.41, 5.74) is 1.97. The van der Waals surface area contributed by atoms with Crippen molar-refractivity contribution in [1.29, 1.82) is 0 Å². The zero-order valence-corrected chi connectivity index (χ0v) is 12.1. The normalized spacial score (nSPS) is 15.0. The van der Waals surface area contributed by atoms with Gasteiger partial charge in [-0.3, -0.25) is 14.5 Å². The zero-order valence-electron chi connectivity index (χ0n) is 12.1. The van der Waals surface area contributed by atoms with Crippen molar-refractivity contribution in [3.63, 3.8) is 0 Å². The van der Waals surface area contributed by atoms with Gasteiger partial charge in [-0.05, 0) is 30.5 Å². The lowest BCUT2D eigenvalue weighted by Crippen LogP contribution is -2.37. The highest BCUT2D eigenvalue weighted by atomic mass is 16.3. The molecule has 1 atom stereocenters. The molecule has 0 aromatic heterocycles. The van der Waals surface area contributed by atoms with Gasteiger partial charge in [0, 0.05) is 0 Å². The van der Waals surface area contributed by atoms with E-state index in [1.54, 1.807) is 24.3 Å².